The van der Waals surface area contributed by atoms with Gasteiger partial charge in [0.2, 0.25) is 5.60 Å². The van der Waals surface area contributed by atoms with Crippen molar-refractivity contribution >= 4 is 5.97 Å². The van der Waals surface area contributed by atoms with Crippen molar-refractivity contribution in [3.63, 3.8) is 0 Å². The summed E-state index contributed by atoms with van der Waals surface area (Å²) in [6, 6.07) is 11.9. The van der Waals surface area contributed by atoms with E-state index in [1.807, 2.05) is 36.4 Å². The van der Waals surface area contributed by atoms with Crippen LogP contribution in [-0.2, 0) is 25.6 Å². The molecule has 3 atom stereocenters. The normalized spacial score (nSPS) is 31.9. The summed E-state index contributed by atoms with van der Waals surface area (Å²) in [5.74, 6) is -0.492. The van der Waals surface area contributed by atoms with Crippen molar-refractivity contribution in [2.45, 2.75) is 37.3 Å². The SMILES string of the molecule is CC(=O)O[C@@]1(C#N)C[C@H]2C=C[C@@]1(COCc1ccccc1)O2. The predicted octanol–water partition coefficient (Wildman–Crippen LogP) is 2.13. The number of hydrogen-bond acceptors (Lipinski definition) is 5. The fourth-order valence-corrected chi connectivity index (χ4v) is 3.04. The van der Waals surface area contributed by atoms with Crippen LogP contribution in [0.25, 0.3) is 0 Å². The van der Waals surface area contributed by atoms with Gasteiger partial charge in [0, 0.05) is 13.3 Å². The molecule has 22 heavy (non-hydrogen) atoms. The lowest BCUT2D eigenvalue weighted by atomic mass is 9.79. The van der Waals surface area contributed by atoms with Gasteiger partial charge in [0.25, 0.3) is 0 Å². The summed E-state index contributed by atoms with van der Waals surface area (Å²) in [7, 11) is 0. The molecule has 5 nitrogen and oxygen atoms in total. The van der Waals surface area contributed by atoms with Gasteiger partial charge in [0.1, 0.15) is 6.07 Å². The van der Waals surface area contributed by atoms with Crippen LogP contribution in [0.2, 0.25) is 0 Å². The van der Waals surface area contributed by atoms with E-state index in [2.05, 4.69) is 6.07 Å². The molecule has 2 bridgehead atoms. The lowest BCUT2D eigenvalue weighted by Crippen LogP contribution is -2.54. The first kappa shape index (κ1) is 14.8. The second kappa shape index (κ2) is 5.56. The fourth-order valence-electron chi connectivity index (χ4n) is 3.04. The summed E-state index contributed by atoms with van der Waals surface area (Å²) in [5, 5.41) is 9.57. The molecular formula is C17H17NO4. The smallest absolute Gasteiger partial charge is 0.304 e. The number of benzene rings is 1. The molecule has 0 saturated carbocycles. The maximum absolute atomic E-state index is 11.4. The van der Waals surface area contributed by atoms with Crippen LogP contribution in [-0.4, -0.2) is 29.9 Å². The Morgan fingerprint density at radius 3 is 2.86 bits per heavy atom. The van der Waals surface area contributed by atoms with Crippen LogP contribution in [0.15, 0.2) is 42.5 Å². The van der Waals surface area contributed by atoms with E-state index in [0.717, 1.165) is 5.56 Å². The summed E-state index contributed by atoms with van der Waals surface area (Å²) < 4.78 is 16.9. The van der Waals surface area contributed by atoms with Crippen LogP contribution < -0.4 is 0 Å². The zero-order valence-corrected chi connectivity index (χ0v) is 12.3. The van der Waals surface area contributed by atoms with E-state index in [1.165, 1.54) is 6.92 Å². The van der Waals surface area contributed by atoms with Gasteiger partial charge >= 0.3 is 5.97 Å². The third kappa shape index (κ3) is 2.41. The van der Waals surface area contributed by atoms with E-state index >= 15 is 0 Å². The average Bonchev–Trinajstić information content (AvgIpc) is 3.04. The third-order valence-corrected chi connectivity index (χ3v) is 4.04. The Balaban J connectivity index is 1.73. The minimum absolute atomic E-state index is 0.162. The molecule has 114 valence electrons. The Morgan fingerprint density at radius 1 is 1.45 bits per heavy atom. The molecule has 1 aromatic carbocycles. The number of esters is 1. The van der Waals surface area contributed by atoms with E-state index in [0.29, 0.717) is 13.0 Å². The first-order chi connectivity index (χ1) is 10.6. The quantitative estimate of drug-likeness (QED) is 0.615. The minimum Gasteiger partial charge on any atom is -0.440 e. The van der Waals surface area contributed by atoms with Crippen LogP contribution in [0.1, 0.15) is 18.9 Å². The number of nitrogens with zero attached hydrogens (tertiary/aromatic N) is 1. The van der Waals surface area contributed by atoms with Gasteiger partial charge in [-0.3, -0.25) is 4.79 Å². The van der Waals surface area contributed by atoms with Gasteiger partial charge in [-0.05, 0) is 11.6 Å². The summed E-state index contributed by atoms with van der Waals surface area (Å²) in [6.45, 7) is 1.87. The van der Waals surface area contributed by atoms with Crippen LogP contribution in [0.3, 0.4) is 0 Å². The number of rotatable bonds is 5. The molecule has 0 unspecified atom stereocenters. The molecule has 1 aromatic rings. The highest BCUT2D eigenvalue weighted by Gasteiger charge is 2.64. The predicted molar refractivity (Wildman–Crippen MR) is 77.6 cm³/mol. The zero-order valence-electron chi connectivity index (χ0n) is 12.3. The zero-order chi connectivity index (χ0) is 15.6. The third-order valence-electron chi connectivity index (χ3n) is 4.04. The molecule has 0 radical (unpaired) electrons. The number of carbonyl (C=O) groups excluding carboxylic acids is 1. The van der Waals surface area contributed by atoms with Crippen molar-refractivity contribution in [2.75, 3.05) is 6.61 Å². The van der Waals surface area contributed by atoms with Gasteiger partial charge in [-0.25, -0.2) is 0 Å². The highest BCUT2D eigenvalue weighted by Crippen LogP contribution is 2.48. The monoisotopic (exact) mass is 299 g/mol. The summed E-state index contributed by atoms with van der Waals surface area (Å²) in [4.78, 5) is 11.4. The number of ether oxygens (including phenoxy) is 3. The highest BCUT2D eigenvalue weighted by molar-refractivity contribution is 5.67. The summed E-state index contributed by atoms with van der Waals surface area (Å²) in [5.41, 5.74) is -1.30. The molecule has 1 saturated heterocycles. The molecule has 1 fully saturated rings. The van der Waals surface area contributed by atoms with E-state index in [-0.39, 0.29) is 12.7 Å². The van der Waals surface area contributed by atoms with Crippen LogP contribution >= 0.6 is 0 Å². The number of nitriles is 1. The molecule has 3 rings (SSSR count). The average molecular weight is 299 g/mol. The minimum atomic E-state index is -1.31. The Hall–Kier alpha value is -2.16. The van der Waals surface area contributed by atoms with Gasteiger partial charge in [0.05, 0.1) is 19.3 Å². The molecule has 0 N–H and O–H groups in total. The van der Waals surface area contributed by atoms with Crippen LogP contribution in [0.5, 0.6) is 0 Å². The Bertz CT molecular complexity index is 636. The van der Waals surface area contributed by atoms with E-state index in [9.17, 15) is 10.1 Å². The Morgan fingerprint density at radius 2 is 2.23 bits per heavy atom. The maximum Gasteiger partial charge on any atom is 0.304 e. The fraction of sp³-hybridized carbons (Fsp3) is 0.412. The van der Waals surface area contributed by atoms with Crippen molar-refractivity contribution in [3.05, 3.63) is 48.0 Å². The first-order valence-corrected chi connectivity index (χ1v) is 7.19. The summed E-state index contributed by atoms with van der Waals surface area (Å²) >= 11 is 0. The van der Waals surface area contributed by atoms with Crippen molar-refractivity contribution in [1.29, 1.82) is 5.26 Å². The first-order valence-electron chi connectivity index (χ1n) is 7.19. The number of hydrogen-bond donors (Lipinski definition) is 0. The molecule has 2 aliphatic rings. The molecular weight excluding hydrogens is 282 g/mol. The van der Waals surface area contributed by atoms with E-state index < -0.39 is 17.2 Å². The molecule has 2 heterocycles. The molecule has 0 spiro atoms. The van der Waals surface area contributed by atoms with E-state index in [4.69, 9.17) is 14.2 Å². The maximum atomic E-state index is 11.4. The summed E-state index contributed by atoms with van der Waals surface area (Å²) in [6.07, 6.45) is 3.82. The molecule has 5 heteroatoms. The Kier molecular flexibility index (Phi) is 3.73. The van der Waals surface area contributed by atoms with Crippen molar-refractivity contribution in [3.8, 4) is 6.07 Å². The standard InChI is InChI=1S/C17H17NO4/c1-13(19)21-17(11-18)9-15-7-8-16(17,22-15)12-20-10-14-5-3-2-4-6-14/h2-8,15H,9-10,12H2,1H3/t15-,16+,17-/m1/s1. The molecule has 0 aromatic heterocycles. The highest BCUT2D eigenvalue weighted by atomic mass is 16.6. The second-order valence-corrected chi connectivity index (χ2v) is 5.62. The number of fused-ring (bicyclic) bond motifs is 2. The lowest BCUT2D eigenvalue weighted by molar-refractivity contribution is -0.168. The lowest BCUT2D eigenvalue weighted by Gasteiger charge is -2.36. The van der Waals surface area contributed by atoms with Gasteiger partial charge in [-0.1, -0.05) is 36.4 Å². The van der Waals surface area contributed by atoms with Crippen LogP contribution in [0, 0.1) is 11.3 Å². The molecule has 0 amide bonds. The molecule has 0 aliphatic carbocycles. The largest absolute Gasteiger partial charge is 0.440 e. The molecule has 2 aliphatic heterocycles. The van der Waals surface area contributed by atoms with E-state index in [1.54, 1.807) is 6.08 Å². The van der Waals surface area contributed by atoms with Gasteiger partial charge in [-0.15, -0.1) is 0 Å². The van der Waals surface area contributed by atoms with Crippen molar-refractivity contribution in [2.24, 2.45) is 0 Å². The van der Waals surface area contributed by atoms with Gasteiger partial charge in [0.15, 0.2) is 5.60 Å². The second-order valence-electron chi connectivity index (χ2n) is 5.62. The van der Waals surface area contributed by atoms with Crippen molar-refractivity contribution in [1.82, 2.24) is 0 Å². The topological polar surface area (TPSA) is 68.6 Å². The van der Waals surface area contributed by atoms with Gasteiger partial charge in [-0.2, -0.15) is 5.26 Å². The number of carbonyl (C=O) groups is 1. The van der Waals surface area contributed by atoms with Crippen LogP contribution in [0.4, 0.5) is 0 Å². The van der Waals surface area contributed by atoms with Crippen molar-refractivity contribution < 1.29 is 19.0 Å². The Labute approximate surface area is 129 Å². The van der Waals surface area contributed by atoms with Gasteiger partial charge < -0.3 is 14.2 Å².